The van der Waals surface area contributed by atoms with E-state index in [1.807, 2.05) is 44.2 Å². The summed E-state index contributed by atoms with van der Waals surface area (Å²) in [5.41, 5.74) is 8.26. The number of pyridine rings is 1. The summed E-state index contributed by atoms with van der Waals surface area (Å²) in [5.74, 6) is 0.771. The smallest absolute Gasteiger partial charge is 0.253 e. The van der Waals surface area contributed by atoms with Crippen LogP contribution in [0.25, 0.3) is 0 Å². The molecule has 2 N–H and O–H groups in total. The van der Waals surface area contributed by atoms with Gasteiger partial charge in [-0.05, 0) is 43.7 Å². The molecule has 4 nitrogen and oxygen atoms in total. The van der Waals surface area contributed by atoms with Gasteiger partial charge < -0.3 is 15.0 Å². The molecule has 2 rings (SSSR count). The predicted octanol–water partition coefficient (Wildman–Crippen LogP) is 2.13. The molecule has 0 amide bonds. The van der Waals surface area contributed by atoms with Gasteiger partial charge in [0.2, 0.25) is 0 Å². The van der Waals surface area contributed by atoms with E-state index in [0.29, 0.717) is 13.2 Å². The molecule has 0 unspecified atom stereocenters. The Morgan fingerprint density at radius 2 is 2.00 bits per heavy atom. The zero-order valence-electron chi connectivity index (χ0n) is 11.2. The number of anilines is 1. The topological polar surface area (TPSA) is 57.2 Å². The Morgan fingerprint density at radius 1 is 1.21 bits per heavy atom. The highest BCUT2D eigenvalue weighted by atomic mass is 16.5. The van der Waals surface area contributed by atoms with Gasteiger partial charge in [0.25, 0.3) is 5.56 Å². The average Bonchev–Trinajstić information content (AvgIpc) is 2.39. The number of hydrogen-bond donors (Lipinski definition) is 1. The van der Waals surface area contributed by atoms with E-state index in [9.17, 15) is 4.79 Å². The summed E-state index contributed by atoms with van der Waals surface area (Å²) in [5, 5.41) is 0. The molecule has 2 aromatic rings. The largest absolute Gasteiger partial charge is 0.492 e. The number of benzene rings is 1. The van der Waals surface area contributed by atoms with Crippen LogP contribution in [0.4, 0.5) is 5.69 Å². The summed E-state index contributed by atoms with van der Waals surface area (Å²) in [6, 6.07) is 9.23. The number of rotatable bonds is 4. The fourth-order valence-corrected chi connectivity index (χ4v) is 1.83. The molecular formula is C15H18N2O2. The lowest BCUT2D eigenvalue weighted by Crippen LogP contribution is -2.23. The van der Waals surface area contributed by atoms with Crippen LogP contribution in [0.15, 0.2) is 41.3 Å². The first-order valence-corrected chi connectivity index (χ1v) is 6.23. The van der Waals surface area contributed by atoms with E-state index in [2.05, 4.69) is 0 Å². The third kappa shape index (κ3) is 3.16. The standard InChI is InChI=1S/C15H18N2O2/c1-11-4-3-7-17(15(11)18)8-9-19-13-5-6-14(16)12(2)10-13/h3-7,10H,8-9,16H2,1-2H3. The van der Waals surface area contributed by atoms with Crippen molar-refractivity contribution in [2.75, 3.05) is 12.3 Å². The van der Waals surface area contributed by atoms with Crippen LogP contribution in [0.1, 0.15) is 11.1 Å². The van der Waals surface area contributed by atoms with Crippen LogP contribution in [0.3, 0.4) is 0 Å². The molecule has 0 saturated heterocycles. The Kier molecular flexibility index (Phi) is 3.90. The fraction of sp³-hybridized carbons (Fsp3) is 0.267. The highest BCUT2D eigenvalue weighted by Gasteiger charge is 2.00. The van der Waals surface area contributed by atoms with Gasteiger partial charge in [0.1, 0.15) is 12.4 Å². The zero-order valence-corrected chi connectivity index (χ0v) is 11.2. The second-order valence-corrected chi connectivity index (χ2v) is 4.56. The molecule has 4 heteroatoms. The lowest BCUT2D eigenvalue weighted by molar-refractivity contribution is 0.296. The molecule has 0 aliphatic heterocycles. The van der Waals surface area contributed by atoms with E-state index in [1.165, 1.54) is 0 Å². The first-order chi connectivity index (χ1) is 9.08. The maximum Gasteiger partial charge on any atom is 0.253 e. The van der Waals surface area contributed by atoms with Gasteiger partial charge in [-0.2, -0.15) is 0 Å². The highest BCUT2D eigenvalue weighted by Crippen LogP contribution is 2.18. The fourth-order valence-electron chi connectivity index (χ4n) is 1.83. The monoisotopic (exact) mass is 258 g/mol. The molecule has 1 aromatic heterocycles. The summed E-state index contributed by atoms with van der Waals surface area (Å²) >= 11 is 0. The van der Waals surface area contributed by atoms with Crippen molar-refractivity contribution in [3.63, 3.8) is 0 Å². The third-order valence-electron chi connectivity index (χ3n) is 3.05. The van der Waals surface area contributed by atoms with E-state index in [1.54, 1.807) is 10.8 Å². The van der Waals surface area contributed by atoms with Gasteiger partial charge in [0.05, 0.1) is 6.54 Å². The van der Waals surface area contributed by atoms with Gasteiger partial charge in [-0.3, -0.25) is 4.79 Å². The first-order valence-electron chi connectivity index (χ1n) is 6.23. The Balaban J connectivity index is 1.98. The molecule has 0 spiro atoms. The van der Waals surface area contributed by atoms with Crippen molar-refractivity contribution in [2.45, 2.75) is 20.4 Å². The molecule has 1 heterocycles. The third-order valence-corrected chi connectivity index (χ3v) is 3.05. The summed E-state index contributed by atoms with van der Waals surface area (Å²) in [7, 11) is 0. The quantitative estimate of drug-likeness (QED) is 0.855. The van der Waals surface area contributed by atoms with Crippen molar-refractivity contribution in [3.05, 3.63) is 58.0 Å². The highest BCUT2D eigenvalue weighted by molar-refractivity contribution is 5.49. The molecule has 100 valence electrons. The minimum atomic E-state index is 0.0274. The summed E-state index contributed by atoms with van der Waals surface area (Å²) in [4.78, 5) is 11.8. The van der Waals surface area contributed by atoms with Crippen LogP contribution in [0.2, 0.25) is 0 Å². The van der Waals surface area contributed by atoms with Crippen molar-refractivity contribution in [1.29, 1.82) is 0 Å². The van der Waals surface area contributed by atoms with Gasteiger partial charge in [-0.15, -0.1) is 0 Å². The summed E-state index contributed by atoms with van der Waals surface area (Å²) < 4.78 is 7.28. The molecule has 0 bridgehead atoms. The molecule has 0 atom stereocenters. The average molecular weight is 258 g/mol. The number of nitrogen functional groups attached to an aromatic ring is 1. The maximum absolute atomic E-state index is 11.8. The number of hydrogen-bond acceptors (Lipinski definition) is 3. The van der Waals surface area contributed by atoms with Crippen LogP contribution in [0.5, 0.6) is 5.75 Å². The van der Waals surface area contributed by atoms with E-state index in [4.69, 9.17) is 10.5 Å². The van der Waals surface area contributed by atoms with E-state index < -0.39 is 0 Å². The molecule has 1 aromatic carbocycles. The van der Waals surface area contributed by atoms with Gasteiger partial charge >= 0.3 is 0 Å². The van der Waals surface area contributed by atoms with Gasteiger partial charge in [-0.1, -0.05) is 6.07 Å². The number of aryl methyl sites for hydroxylation is 2. The van der Waals surface area contributed by atoms with Crippen molar-refractivity contribution in [2.24, 2.45) is 0 Å². The molecule has 0 fully saturated rings. The minimum Gasteiger partial charge on any atom is -0.492 e. The Labute approximate surface area is 112 Å². The normalized spacial score (nSPS) is 10.4. The number of nitrogens with zero attached hydrogens (tertiary/aromatic N) is 1. The van der Waals surface area contributed by atoms with Crippen molar-refractivity contribution < 1.29 is 4.74 Å². The number of aromatic nitrogens is 1. The van der Waals surface area contributed by atoms with Gasteiger partial charge in [-0.25, -0.2) is 0 Å². The number of nitrogens with two attached hydrogens (primary N) is 1. The van der Waals surface area contributed by atoms with Crippen LogP contribution in [-0.4, -0.2) is 11.2 Å². The second kappa shape index (κ2) is 5.61. The SMILES string of the molecule is Cc1cc(OCCn2cccc(C)c2=O)ccc1N. The molecule has 0 aliphatic rings. The van der Waals surface area contributed by atoms with Crippen molar-refractivity contribution in [3.8, 4) is 5.75 Å². The predicted molar refractivity (Wildman–Crippen MR) is 76.5 cm³/mol. The zero-order chi connectivity index (χ0) is 13.8. The molecule has 19 heavy (non-hydrogen) atoms. The van der Waals surface area contributed by atoms with Gasteiger partial charge in [0.15, 0.2) is 0 Å². The Bertz CT molecular complexity index is 632. The Morgan fingerprint density at radius 3 is 2.74 bits per heavy atom. The molecule has 0 saturated carbocycles. The first kappa shape index (κ1) is 13.2. The molecule has 0 aliphatic carbocycles. The lowest BCUT2D eigenvalue weighted by atomic mass is 10.2. The number of ether oxygens (including phenoxy) is 1. The van der Waals surface area contributed by atoms with Gasteiger partial charge in [0, 0.05) is 17.4 Å². The minimum absolute atomic E-state index is 0.0274. The van der Waals surface area contributed by atoms with Crippen molar-refractivity contribution >= 4 is 5.69 Å². The van der Waals surface area contributed by atoms with Crippen LogP contribution in [0, 0.1) is 13.8 Å². The maximum atomic E-state index is 11.8. The molecular weight excluding hydrogens is 240 g/mol. The Hall–Kier alpha value is -2.23. The van der Waals surface area contributed by atoms with E-state index >= 15 is 0 Å². The lowest BCUT2D eigenvalue weighted by Gasteiger charge is -2.10. The van der Waals surface area contributed by atoms with Crippen molar-refractivity contribution in [1.82, 2.24) is 4.57 Å². The van der Waals surface area contributed by atoms with E-state index in [-0.39, 0.29) is 5.56 Å². The molecule has 0 radical (unpaired) electrons. The van der Waals surface area contributed by atoms with Crippen LogP contribution in [-0.2, 0) is 6.54 Å². The van der Waals surface area contributed by atoms with E-state index in [0.717, 1.165) is 22.6 Å². The van der Waals surface area contributed by atoms with Crippen LogP contribution >= 0.6 is 0 Å². The second-order valence-electron chi connectivity index (χ2n) is 4.56. The summed E-state index contributed by atoms with van der Waals surface area (Å²) in [6.07, 6.45) is 1.77. The van der Waals surface area contributed by atoms with Crippen LogP contribution < -0.4 is 16.0 Å². The summed E-state index contributed by atoms with van der Waals surface area (Å²) in [6.45, 7) is 4.73.